The number of benzene rings is 2. The molecule has 1 unspecified atom stereocenters. The Morgan fingerprint density at radius 1 is 1.09 bits per heavy atom. The van der Waals surface area contributed by atoms with Gasteiger partial charge in [0, 0.05) is 6.54 Å². The molecule has 0 saturated carbocycles. The number of ether oxygens (including phenoxy) is 3. The van der Waals surface area contributed by atoms with E-state index in [1.807, 2.05) is 69.3 Å². The van der Waals surface area contributed by atoms with E-state index < -0.39 is 5.41 Å². The number of hydrogen-bond acceptors (Lipinski definition) is 7. The van der Waals surface area contributed by atoms with Crippen LogP contribution in [-0.4, -0.2) is 65.2 Å². The molecule has 0 radical (unpaired) electrons. The number of para-hydroxylation sites is 1. The van der Waals surface area contributed by atoms with Crippen LogP contribution in [0.25, 0.3) is 11.0 Å². The van der Waals surface area contributed by atoms with Gasteiger partial charge in [-0.2, -0.15) is 0 Å². The number of esters is 1. The van der Waals surface area contributed by atoms with Crippen molar-refractivity contribution >= 4 is 17.0 Å². The van der Waals surface area contributed by atoms with Gasteiger partial charge >= 0.3 is 5.97 Å². The first-order valence-corrected chi connectivity index (χ1v) is 11.9. The fourth-order valence-electron chi connectivity index (χ4n) is 3.95. The van der Waals surface area contributed by atoms with Crippen LogP contribution in [-0.2, 0) is 9.53 Å². The molecule has 2 heterocycles. The van der Waals surface area contributed by atoms with E-state index in [0.29, 0.717) is 23.7 Å². The molecule has 34 heavy (non-hydrogen) atoms. The first kappa shape index (κ1) is 24.0. The molecule has 8 heteroatoms. The summed E-state index contributed by atoms with van der Waals surface area (Å²) >= 11 is 0. The molecule has 2 aromatic carbocycles. The van der Waals surface area contributed by atoms with Crippen LogP contribution in [0.1, 0.15) is 33.6 Å². The van der Waals surface area contributed by atoms with Crippen molar-refractivity contribution in [1.82, 2.24) is 20.3 Å². The monoisotopic (exact) mass is 466 g/mol. The van der Waals surface area contributed by atoms with Gasteiger partial charge in [-0.25, -0.2) is 0 Å². The number of aromatic amines is 1. The average Bonchev–Trinajstić information content (AvgIpc) is 3.32. The first-order valence-electron chi connectivity index (χ1n) is 11.9. The Bertz CT molecular complexity index is 1060. The summed E-state index contributed by atoms with van der Waals surface area (Å²) in [6.07, 6.45) is 1.71. The molecule has 1 aromatic heterocycles. The zero-order valence-electron chi connectivity index (χ0n) is 20.2. The lowest BCUT2D eigenvalue weighted by molar-refractivity contribution is -0.161. The van der Waals surface area contributed by atoms with Crippen LogP contribution in [0, 0.1) is 11.3 Å². The van der Waals surface area contributed by atoms with Crippen molar-refractivity contribution < 1.29 is 19.0 Å². The smallest absolute Gasteiger partial charge is 0.311 e. The van der Waals surface area contributed by atoms with Crippen molar-refractivity contribution in [2.75, 3.05) is 32.8 Å². The lowest BCUT2D eigenvalue weighted by Gasteiger charge is -2.34. The third-order valence-electron chi connectivity index (χ3n) is 6.03. The van der Waals surface area contributed by atoms with E-state index >= 15 is 0 Å². The molecule has 1 N–H and O–H groups in total. The van der Waals surface area contributed by atoms with Crippen molar-refractivity contribution in [1.29, 1.82) is 0 Å². The molecule has 1 aliphatic rings. The zero-order valence-corrected chi connectivity index (χ0v) is 20.2. The highest BCUT2D eigenvalue weighted by Gasteiger charge is 2.29. The second-order valence-corrected chi connectivity index (χ2v) is 9.92. The fraction of sp³-hybridized carbons (Fsp3) is 0.500. The molecule has 1 aliphatic heterocycles. The van der Waals surface area contributed by atoms with Gasteiger partial charge in [0.1, 0.15) is 24.2 Å². The van der Waals surface area contributed by atoms with Gasteiger partial charge in [-0.15, -0.1) is 5.10 Å². The molecule has 0 aliphatic carbocycles. The Morgan fingerprint density at radius 3 is 2.59 bits per heavy atom. The Morgan fingerprint density at radius 2 is 1.85 bits per heavy atom. The molecule has 4 rings (SSSR count). The molecule has 0 spiro atoms. The van der Waals surface area contributed by atoms with Gasteiger partial charge in [0.05, 0.1) is 17.5 Å². The van der Waals surface area contributed by atoms with Crippen LogP contribution in [0.5, 0.6) is 11.5 Å². The summed E-state index contributed by atoms with van der Waals surface area (Å²) in [6.45, 7) is 9.07. The largest absolute Gasteiger partial charge is 0.493 e. The predicted molar refractivity (Wildman–Crippen MR) is 130 cm³/mol. The van der Waals surface area contributed by atoms with Gasteiger partial charge in [0.2, 0.25) is 0 Å². The Labute approximate surface area is 200 Å². The molecule has 8 nitrogen and oxygen atoms in total. The van der Waals surface area contributed by atoms with E-state index in [1.54, 1.807) is 0 Å². The average molecular weight is 467 g/mol. The minimum absolute atomic E-state index is 0.230. The normalized spacial score (nSPS) is 16.3. The van der Waals surface area contributed by atoms with Crippen molar-refractivity contribution in [3.8, 4) is 11.5 Å². The molecule has 1 atom stereocenters. The number of piperidine rings is 1. The van der Waals surface area contributed by atoms with Crippen LogP contribution in [0.3, 0.4) is 0 Å². The van der Waals surface area contributed by atoms with Gasteiger partial charge in [-0.05, 0) is 76.9 Å². The summed E-state index contributed by atoms with van der Waals surface area (Å²) in [7, 11) is 0. The van der Waals surface area contributed by atoms with E-state index in [4.69, 9.17) is 14.2 Å². The Hall–Kier alpha value is -3.13. The number of nitrogens with one attached hydrogen (secondary N) is 1. The van der Waals surface area contributed by atoms with Gasteiger partial charge in [-0.3, -0.25) is 14.8 Å². The van der Waals surface area contributed by atoms with Crippen molar-refractivity contribution in [2.24, 2.45) is 11.3 Å². The number of carbonyl (C=O) groups is 1. The van der Waals surface area contributed by atoms with Crippen LogP contribution in [0.2, 0.25) is 0 Å². The van der Waals surface area contributed by atoms with Gasteiger partial charge in [-0.1, -0.05) is 29.5 Å². The number of fused-ring (bicyclic) bond motifs is 1. The molecule has 1 saturated heterocycles. The number of rotatable bonds is 9. The molecular weight excluding hydrogens is 432 g/mol. The first-order chi connectivity index (χ1) is 16.4. The topological polar surface area (TPSA) is 89.6 Å². The number of nitrogens with zero attached hydrogens (tertiary/aromatic N) is 3. The number of carbonyl (C=O) groups excluding carboxylic acids is 1. The number of hydrogen-bond donors (Lipinski definition) is 1. The maximum Gasteiger partial charge on any atom is 0.311 e. The summed E-state index contributed by atoms with van der Waals surface area (Å²) in [6, 6.07) is 15.6. The van der Waals surface area contributed by atoms with E-state index in [-0.39, 0.29) is 18.7 Å². The highest BCUT2D eigenvalue weighted by Crippen LogP contribution is 2.24. The lowest BCUT2D eigenvalue weighted by Crippen LogP contribution is -2.44. The predicted octanol–water partition coefficient (Wildman–Crippen LogP) is 4.09. The van der Waals surface area contributed by atoms with Gasteiger partial charge < -0.3 is 14.2 Å². The van der Waals surface area contributed by atoms with E-state index in [0.717, 1.165) is 43.8 Å². The maximum absolute atomic E-state index is 12.6. The van der Waals surface area contributed by atoms with Gasteiger partial charge in [0.15, 0.2) is 5.52 Å². The summed E-state index contributed by atoms with van der Waals surface area (Å²) in [4.78, 5) is 15.0. The zero-order chi connectivity index (χ0) is 24.0. The van der Waals surface area contributed by atoms with Crippen LogP contribution < -0.4 is 9.47 Å². The second-order valence-electron chi connectivity index (χ2n) is 9.92. The minimum atomic E-state index is -0.577. The maximum atomic E-state index is 12.6. The summed E-state index contributed by atoms with van der Waals surface area (Å²) in [5.41, 5.74) is 0.898. The van der Waals surface area contributed by atoms with Crippen LogP contribution in [0.15, 0.2) is 48.5 Å². The van der Waals surface area contributed by atoms with Crippen LogP contribution >= 0.6 is 0 Å². The number of likely N-dealkylation sites (tertiary alicyclic amines) is 1. The molecule has 3 aromatic rings. The lowest BCUT2D eigenvalue weighted by atomic mass is 9.97. The fourth-order valence-corrected chi connectivity index (χ4v) is 3.95. The number of H-pyrrole nitrogens is 1. The Balaban J connectivity index is 1.32. The summed E-state index contributed by atoms with van der Waals surface area (Å²) < 4.78 is 17.9. The number of aromatic nitrogens is 3. The highest BCUT2D eigenvalue weighted by atomic mass is 16.6. The quantitative estimate of drug-likeness (QED) is 0.475. The second kappa shape index (κ2) is 10.9. The molecule has 1 fully saturated rings. The molecule has 0 bridgehead atoms. The Kier molecular flexibility index (Phi) is 7.67. The van der Waals surface area contributed by atoms with Crippen molar-refractivity contribution in [2.45, 2.75) is 39.7 Å². The summed E-state index contributed by atoms with van der Waals surface area (Å²) in [5, 5.41) is 10.8. The highest BCUT2D eigenvalue weighted by molar-refractivity contribution is 5.80. The minimum Gasteiger partial charge on any atom is -0.493 e. The summed E-state index contributed by atoms with van der Waals surface area (Å²) in [5.74, 6) is 1.83. The SMILES string of the molecule is CC(C)(C)C(=O)OC(COc1cccc2[nH]nnc12)CN1CCC(COc2ccccc2)CC1. The van der Waals surface area contributed by atoms with E-state index in [2.05, 4.69) is 20.3 Å². The van der Waals surface area contributed by atoms with Crippen molar-refractivity contribution in [3.63, 3.8) is 0 Å². The van der Waals surface area contributed by atoms with Crippen molar-refractivity contribution in [3.05, 3.63) is 48.5 Å². The third-order valence-corrected chi connectivity index (χ3v) is 6.03. The molecule has 182 valence electrons. The van der Waals surface area contributed by atoms with E-state index in [1.165, 1.54) is 0 Å². The van der Waals surface area contributed by atoms with Gasteiger partial charge in [0.25, 0.3) is 0 Å². The molecular formula is C26H34N4O4. The van der Waals surface area contributed by atoms with E-state index in [9.17, 15) is 4.79 Å². The standard InChI is InChI=1S/C26H34N4O4/c1-26(2,3)25(31)34-21(18-33-23-11-7-10-22-24(23)28-29-27-22)16-30-14-12-19(13-15-30)17-32-20-8-5-4-6-9-20/h4-11,19,21H,12-18H2,1-3H3,(H,27,28,29). The third kappa shape index (κ3) is 6.47. The van der Waals surface area contributed by atoms with Crippen LogP contribution in [0.4, 0.5) is 0 Å². The molecule has 0 amide bonds.